The Balaban J connectivity index is 1.97. The molecular formula is C16H14N2O3. The van der Waals surface area contributed by atoms with Gasteiger partial charge in [-0.25, -0.2) is 9.78 Å². The first kappa shape index (κ1) is 13.2. The largest absolute Gasteiger partial charge is 0.479 e. The summed E-state index contributed by atoms with van der Waals surface area (Å²) in [4.78, 5) is 15.6. The molecule has 0 aliphatic rings. The molecule has 0 aliphatic carbocycles. The van der Waals surface area contributed by atoms with Crippen LogP contribution in [0.4, 0.5) is 5.69 Å². The molecule has 2 N–H and O–H groups in total. The van der Waals surface area contributed by atoms with Gasteiger partial charge in [0.2, 0.25) is 0 Å². The van der Waals surface area contributed by atoms with E-state index in [0.29, 0.717) is 16.7 Å². The summed E-state index contributed by atoms with van der Waals surface area (Å²) in [6.45, 7) is 1.93. The van der Waals surface area contributed by atoms with Crippen molar-refractivity contribution in [3.63, 3.8) is 0 Å². The minimum absolute atomic E-state index is 0.574. The summed E-state index contributed by atoms with van der Waals surface area (Å²) in [5.74, 6) is -0.947. The van der Waals surface area contributed by atoms with Crippen LogP contribution in [0.25, 0.3) is 11.1 Å². The number of hydrogen-bond acceptors (Lipinski definition) is 4. The zero-order valence-electron chi connectivity index (χ0n) is 11.4. The number of rotatable bonds is 4. The number of nitrogens with zero attached hydrogens (tertiary/aromatic N) is 1. The highest BCUT2D eigenvalue weighted by Crippen LogP contribution is 2.25. The van der Waals surface area contributed by atoms with Crippen LogP contribution >= 0.6 is 0 Å². The third-order valence-corrected chi connectivity index (χ3v) is 3.38. The van der Waals surface area contributed by atoms with Gasteiger partial charge >= 0.3 is 5.97 Å². The van der Waals surface area contributed by atoms with E-state index in [1.807, 2.05) is 31.2 Å². The highest BCUT2D eigenvalue weighted by molar-refractivity contribution is 5.82. The van der Waals surface area contributed by atoms with Gasteiger partial charge in [0, 0.05) is 5.69 Å². The number of aryl methyl sites for hydroxylation is 1. The monoisotopic (exact) mass is 282 g/mol. The van der Waals surface area contributed by atoms with E-state index < -0.39 is 12.0 Å². The Labute approximate surface area is 121 Å². The average molecular weight is 282 g/mol. The molecule has 21 heavy (non-hydrogen) atoms. The van der Waals surface area contributed by atoms with Crippen molar-refractivity contribution in [2.45, 2.75) is 13.0 Å². The molecule has 0 saturated carbocycles. The van der Waals surface area contributed by atoms with Gasteiger partial charge in [0.1, 0.15) is 5.52 Å². The third kappa shape index (κ3) is 2.58. The number of oxazole rings is 1. The van der Waals surface area contributed by atoms with E-state index in [1.54, 1.807) is 18.2 Å². The van der Waals surface area contributed by atoms with Crippen LogP contribution in [0.3, 0.4) is 0 Å². The molecule has 1 unspecified atom stereocenters. The van der Waals surface area contributed by atoms with E-state index in [9.17, 15) is 9.90 Å². The van der Waals surface area contributed by atoms with Crippen molar-refractivity contribution >= 4 is 22.8 Å². The van der Waals surface area contributed by atoms with Crippen LogP contribution in [-0.4, -0.2) is 16.1 Å². The number of anilines is 1. The smallest absolute Gasteiger partial charge is 0.330 e. The summed E-state index contributed by atoms with van der Waals surface area (Å²) in [6.07, 6.45) is 1.35. The van der Waals surface area contributed by atoms with E-state index in [4.69, 9.17) is 4.42 Å². The zero-order chi connectivity index (χ0) is 14.8. The number of aromatic nitrogens is 1. The molecule has 5 nitrogen and oxygen atoms in total. The number of benzene rings is 2. The number of fused-ring (bicyclic) bond motifs is 1. The molecule has 5 heteroatoms. The summed E-state index contributed by atoms with van der Waals surface area (Å²) < 4.78 is 5.23. The minimum Gasteiger partial charge on any atom is -0.479 e. The topological polar surface area (TPSA) is 75.4 Å². The minimum atomic E-state index is -0.947. The highest BCUT2D eigenvalue weighted by Gasteiger charge is 2.21. The lowest BCUT2D eigenvalue weighted by Gasteiger charge is -2.17. The maximum atomic E-state index is 11.6. The van der Waals surface area contributed by atoms with Gasteiger partial charge < -0.3 is 14.8 Å². The van der Waals surface area contributed by atoms with E-state index in [0.717, 1.165) is 11.3 Å². The molecule has 3 rings (SSSR count). The second kappa shape index (κ2) is 5.28. The number of carbonyl (C=O) groups is 1. The molecule has 0 radical (unpaired) electrons. The molecule has 0 amide bonds. The fraction of sp³-hybridized carbons (Fsp3) is 0.125. The van der Waals surface area contributed by atoms with Gasteiger partial charge in [0.25, 0.3) is 0 Å². The number of hydrogen-bond donors (Lipinski definition) is 2. The van der Waals surface area contributed by atoms with Crippen LogP contribution in [-0.2, 0) is 4.79 Å². The van der Waals surface area contributed by atoms with Crippen molar-refractivity contribution in [1.82, 2.24) is 4.98 Å². The Morgan fingerprint density at radius 1 is 1.29 bits per heavy atom. The maximum Gasteiger partial charge on any atom is 0.330 e. The first-order chi connectivity index (χ1) is 10.1. The standard InChI is InChI=1S/C16H14N2O3/c1-10-4-2-3-5-12(10)18-15(16(19)20)11-6-7-13-14(8-11)21-9-17-13/h2-9,15,18H,1H3,(H,19,20). The molecule has 3 aromatic rings. The van der Waals surface area contributed by atoms with Crippen molar-refractivity contribution in [2.24, 2.45) is 0 Å². The Morgan fingerprint density at radius 3 is 2.86 bits per heavy atom. The van der Waals surface area contributed by atoms with Crippen LogP contribution in [0.1, 0.15) is 17.2 Å². The molecule has 1 heterocycles. The second-order valence-electron chi connectivity index (χ2n) is 4.81. The molecule has 2 aromatic carbocycles. The second-order valence-corrected chi connectivity index (χ2v) is 4.81. The van der Waals surface area contributed by atoms with Crippen molar-refractivity contribution in [3.8, 4) is 0 Å². The first-order valence-electron chi connectivity index (χ1n) is 6.53. The molecule has 0 saturated heterocycles. The molecule has 0 bridgehead atoms. The van der Waals surface area contributed by atoms with Gasteiger partial charge in [-0.05, 0) is 36.2 Å². The zero-order valence-corrected chi connectivity index (χ0v) is 11.4. The highest BCUT2D eigenvalue weighted by atomic mass is 16.4. The Bertz CT molecular complexity index is 795. The van der Waals surface area contributed by atoms with Crippen LogP contribution in [0.2, 0.25) is 0 Å². The summed E-state index contributed by atoms with van der Waals surface area (Å²) >= 11 is 0. The lowest BCUT2D eigenvalue weighted by molar-refractivity contribution is -0.138. The molecule has 0 spiro atoms. The van der Waals surface area contributed by atoms with Crippen molar-refractivity contribution in [1.29, 1.82) is 0 Å². The number of para-hydroxylation sites is 1. The molecule has 0 fully saturated rings. The third-order valence-electron chi connectivity index (χ3n) is 3.38. The summed E-state index contributed by atoms with van der Waals surface area (Å²) in [5, 5.41) is 12.6. The van der Waals surface area contributed by atoms with Crippen molar-refractivity contribution in [2.75, 3.05) is 5.32 Å². The molecule has 106 valence electrons. The fourth-order valence-corrected chi connectivity index (χ4v) is 2.23. The summed E-state index contributed by atoms with van der Waals surface area (Å²) in [6, 6.07) is 11.9. The van der Waals surface area contributed by atoms with Crippen LogP contribution < -0.4 is 5.32 Å². The Hall–Kier alpha value is -2.82. The lowest BCUT2D eigenvalue weighted by atomic mass is 10.1. The van der Waals surface area contributed by atoms with Gasteiger partial charge in [-0.2, -0.15) is 0 Å². The van der Waals surface area contributed by atoms with Crippen molar-refractivity contribution < 1.29 is 14.3 Å². The summed E-state index contributed by atoms with van der Waals surface area (Å²) in [7, 11) is 0. The Kier molecular flexibility index (Phi) is 3.31. The van der Waals surface area contributed by atoms with E-state index in [1.165, 1.54) is 6.39 Å². The van der Waals surface area contributed by atoms with Crippen molar-refractivity contribution in [3.05, 3.63) is 60.0 Å². The molecule has 0 aliphatic heterocycles. The Morgan fingerprint density at radius 2 is 2.10 bits per heavy atom. The van der Waals surface area contributed by atoms with Gasteiger partial charge in [0.05, 0.1) is 0 Å². The molecule has 1 atom stereocenters. The maximum absolute atomic E-state index is 11.6. The lowest BCUT2D eigenvalue weighted by Crippen LogP contribution is -2.20. The van der Waals surface area contributed by atoms with Crippen LogP contribution in [0.5, 0.6) is 0 Å². The van der Waals surface area contributed by atoms with E-state index in [2.05, 4.69) is 10.3 Å². The van der Waals surface area contributed by atoms with Gasteiger partial charge in [-0.3, -0.25) is 0 Å². The normalized spacial score (nSPS) is 12.2. The number of carboxylic acid groups (broad SMARTS) is 1. The fourth-order valence-electron chi connectivity index (χ4n) is 2.23. The van der Waals surface area contributed by atoms with E-state index in [-0.39, 0.29) is 0 Å². The average Bonchev–Trinajstić information content (AvgIpc) is 2.93. The van der Waals surface area contributed by atoms with Crippen LogP contribution in [0.15, 0.2) is 53.3 Å². The molecule has 1 aromatic heterocycles. The quantitative estimate of drug-likeness (QED) is 0.767. The van der Waals surface area contributed by atoms with Gasteiger partial charge in [-0.1, -0.05) is 24.3 Å². The van der Waals surface area contributed by atoms with Gasteiger partial charge in [0.15, 0.2) is 18.0 Å². The van der Waals surface area contributed by atoms with E-state index >= 15 is 0 Å². The number of aliphatic carboxylic acids is 1. The first-order valence-corrected chi connectivity index (χ1v) is 6.53. The predicted molar refractivity (Wildman–Crippen MR) is 79.2 cm³/mol. The number of nitrogens with one attached hydrogen (secondary N) is 1. The van der Waals surface area contributed by atoms with Gasteiger partial charge in [-0.15, -0.1) is 0 Å². The van der Waals surface area contributed by atoms with Crippen LogP contribution in [0, 0.1) is 6.92 Å². The SMILES string of the molecule is Cc1ccccc1NC(C(=O)O)c1ccc2ncoc2c1. The number of carboxylic acids is 1. The predicted octanol–water partition coefficient (Wildman–Crippen LogP) is 3.37. The summed E-state index contributed by atoms with van der Waals surface area (Å²) in [5.41, 5.74) is 3.69. The molecular weight excluding hydrogens is 268 g/mol.